The fraction of sp³-hybridized carbons (Fsp3) is 0.0455. The van der Waals surface area contributed by atoms with Gasteiger partial charge in [-0.2, -0.15) is 0 Å². The molecule has 0 atom stereocenters. The number of pyridine rings is 1. The lowest BCUT2D eigenvalue weighted by atomic mass is 9.97. The molecule has 8 heteroatoms. The molecule has 30 heavy (non-hydrogen) atoms. The van der Waals surface area contributed by atoms with Gasteiger partial charge in [-0.3, -0.25) is 4.79 Å². The highest BCUT2D eigenvalue weighted by atomic mass is 35.5. The molecule has 0 saturated heterocycles. The summed E-state index contributed by atoms with van der Waals surface area (Å²) >= 11 is 6.00. The van der Waals surface area contributed by atoms with Crippen molar-refractivity contribution in [2.75, 3.05) is 11.5 Å². The third-order valence-electron chi connectivity index (χ3n) is 4.85. The molecule has 0 aliphatic heterocycles. The predicted molar refractivity (Wildman–Crippen MR) is 121 cm³/mol. The van der Waals surface area contributed by atoms with Gasteiger partial charge in [-0.15, -0.1) is 0 Å². The lowest BCUT2D eigenvalue weighted by Crippen LogP contribution is -2.24. The summed E-state index contributed by atoms with van der Waals surface area (Å²) in [4.78, 5) is 20.1. The molecule has 7 N–H and O–H groups in total. The van der Waals surface area contributed by atoms with Crippen molar-refractivity contribution in [2.24, 2.45) is 0 Å². The molecule has 1 amide bonds. The van der Waals surface area contributed by atoms with Crippen molar-refractivity contribution in [3.8, 4) is 11.1 Å². The number of carbonyl (C=O) groups excluding carboxylic acids is 1. The van der Waals surface area contributed by atoms with E-state index in [0.29, 0.717) is 28.5 Å². The maximum absolute atomic E-state index is 12.9. The minimum Gasteiger partial charge on any atom is -0.398 e. The molecular weight excluding hydrogens is 400 g/mol. The van der Waals surface area contributed by atoms with Crippen LogP contribution in [0, 0.1) is 5.41 Å². The van der Waals surface area contributed by atoms with Crippen LogP contribution < -0.4 is 16.8 Å². The number of carbonyl (C=O) groups is 1. The van der Waals surface area contributed by atoms with E-state index in [1.807, 2.05) is 18.3 Å². The zero-order valence-corrected chi connectivity index (χ0v) is 16.6. The molecule has 0 radical (unpaired) electrons. The van der Waals surface area contributed by atoms with Crippen LogP contribution >= 0.6 is 11.6 Å². The van der Waals surface area contributed by atoms with Gasteiger partial charge >= 0.3 is 0 Å². The van der Waals surface area contributed by atoms with Crippen LogP contribution in [0.15, 0.2) is 54.9 Å². The highest BCUT2D eigenvalue weighted by Crippen LogP contribution is 2.32. The van der Waals surface area contributed by atoms with Crippen LogP contribution in [0.4, 0.5) is 11.5 Å². The Labute approximate surface area is 177 Å². The van der Waals surface area contributed by atoms with Gasteiger partial charge in [-0.1, -0.05) is 23.7 Å². The molecule has 4 rings (SSSR count). The molecule has 2 heterocycles. The number of benzene rings is 2. The van der Waals surface area contributed by atoms with Gasteiger partial charge in [0.05, 0.1) is 23.0 Å². The minimum atomic E-state index is -0.335. The van der Waals surface area contributed by atoms with Crippen molar-refractivity contribution in [2.45, 2.75) is 6.54 Å². The Morgan fingerprint density at radius 1 is 1.23 bits per heavy atom. The molecular formula is C22H19ClN6O. The van der Waals surface area contributed by atoms with Gasteiger partial charge in [0.1, 0.15) is 5.82 Å². The number of nitrogens with zero attached hydrogens (tertiary/aromatic N) is 1. The topological polar surface area (TPSA) is 134 Å². The third kappa shape index (κ3) is 3.70. The third-order valence-corrected chi connectivity index (χ3v) is 5.09. The summed E-state index contributed by atoms with van der Waals surface area (Å²) in [7, 11) is 0. The van der Waals surface area contributed by atoms with E-state index < -0.39 is 0 Å². The van der Waals surface area contributed by atoms with Gasteiger partial charge in [0.15, 0.2) is 0 Å². The normalized spacial score (nSPS) is 10.8. The minimum absolute atomic E-state index is 0.248. The van der Waals surface area contributed by atoms with Gasteiger partial charge in [0.2, 0.25) is 0 Å². The number of nitrogens with one attached hydrogen (secondary N) is 3. The Kier molecular flexibility index (Phi) is 5.12. The standard InChI is InChI=1S/C22H19ClN6O/c23-15-3-1-2-12(4-15)9-29-22(30)17-6-13(5-14(8-24)21(17)26)18-10-27-19-11-28-20(25)7-16(18)19/h1-8,10-11,24,27H,9,26H2,(H2,25,28)(H,29,30). The SMILES string of the molecule is N=Cc1cc(-c2c[nH]c3cnc(N)cc23)cc(C(=O)NCc2cccc(Cl)c2)c1N. The average Bonchev–Trinajstić information content (AvgIpc) is 3.15. The van der Waals surface area contributed by atoms with Gasteiger partial charge in [-0.25, -0.2) is 4.98 Å². The number of rotatable bonds is 5. The van der Waals surface area contributed by atoms with E-state index >= 15 is 0 Å². The van der Waals surface area contributed by atoms with Crippen molar-refractivity contribution in [3.63, 3.8) is 0 Å². The molecule has 0 spiro atoms. The lowest BCUT2D eigenvalue weighted by Gasteiger charge is -2.12. The van der Waals surface area contributed by atoms with Crippen molar-refractivity contribution in [1.82, 2.24) is 15.3 Å². The number of aromatic nitrogens is 2. The number of hydrogen-bond acceptors (Lipinski definition) is 5. The Bertz CT molecular complexity index is 1280. The first kappa shape index (κ1) is 19.5. The molecule has 0 fully saturated rings. The van der Waals surface area contributed by atoms with E-state index in [2.05, 4.69) is 15.3 Å². The van der Waals surface area contributed by atoms with E-state index in [0.717, 1.165) is 33.8 Å². The number of nitrogens with two attached hydrogens (primary N) is 2. The van der Waals surface area contributed by atoms with Crippen molar-refractivity contribution in [3.05, 3.63) is 76.6 Å². The van der Waals surface area contributed by atoms with Crippen LogP contribution in [-0.2, 0) is 6.54 Å². The fourth-order valence-corrected chi connectivity index (χ4v) is 3.55. The maximum atomic E-state index is 12.9. The zero-order chi connectivity index (χ0) is 21.3. The molecule has 0 bridgehead atoms. The van der Waals surface area contributed by atoms with E-state index in [4.69, 9.17) is 28.5 Å². The first-order chi connectivity index (χ1) is 14.5. The number of hydrogen-bond donors (Lipinski definition) is 5. The highest BCUT2D eigenvalue weighted by molar-refractivity contribution is 6.30. The van der Waals surface area contributed by atoms with Crippen LogP contribution in [-0.4, -0.2) is 22.1 Å². The molecule has 0 aliphatic carbocycles. The monoisotopic (exact) mass is 418 g/mol. The van der Waals surface area contributed by atoms with Crippen molar-refractivity contribution in [1.29, 1.82) is 5.41 Å². The number of amides is 1. The predicted octanol–water partition coefficient (Wildman–Crippen LogP) is 3.98. The van der Waals surface area contributed by atoms with Gasteiger partial charge in [-0.05, 0) is 41.5 Å². The highest BCUT2D eigenvalue weighted by Gasteiger charge is 2.17. The first-order valence-electron chi connectivity index (χ1n) is 9.16. The van der Waals surface area contributed by atoms with Crippen molar-refractivity contribution >= 4 is 46.1 Å². The van der Waals surface area contributed by atoms with E-state index in [1.165, 1.54) is 0 Å². The number of H-pyrrole nitrogens is 1. The summed E-state index contributed by atoms with van der Waals surface area (Å²) in [5.41, 5.74) is 16.3. The lowest BCUT2D eigenvalue weighted by molar-refractivity contribution is 0.0952. The summed E-state index contributed by atoms with van der Waals surface area (Å²) in [6, 6.07) is 12.5. The smallest absolute Gasteiger partial charge is 0.253 e. The molecule has 2 aromatic carbocycles. The molecule has 2 aromatic heterocycles. The quantitative estimate of drug-likeness (QED) is 0.247. The second-order valence-electron chi connectivity index (χ2n) is 6.84. The summed E-state index contributed by atoms with van der Waals surface area (Å²) in [6.07, 6.45) is 4.61. The largest absolute Gasteiger partial charge is 0.398 e. The summed E-state index contributed by atoms with van der Waals surface area (Å²) in [5.74, 6) is 0.0593. The van der Waals surface area contributed by atoms with E-state index in [1.54, 1.807) is 36.5 Å². The first-order valence-corrected chi connectivity index (χ1v) is 9.53. The second kappa shape index (κ2) is 7.88. The maximum Gasteiger partial charge on any atom is 0.253 e. The van der Waals surface area contributed by atoms with Crippen molar-refractivity contribution < 1.29 is 4.79 Å². The summed E-state index contributed by atoms with van der Waals surface area (Å²) < 4.78 is 0. The molecule has 150 valence electrons. The van der Waals surface area contributed by atoms with Crippen LogP contribution in [0.5, 0.6) is 0 Å². The van der Waals surface area contributed by atoms with Crippen LogP contribution in [0.25, 0.3) is 22.0 Å². The zero-order valence-electron chi connectivity index (χ0n) is 15.9. The molecule has 7 nitrogen and oxygen atoms in total. The second-order valence-corrected chi connectivity index (χ2v) is 7.28. The Balaban J connectivity index is 1.72. The number of fused-ring (bicyclic) bond motifs is 1. The number of anilines is 2. The Morgan fingerprint density at radius 2 is 2.07 bits per heavy atom. The average molecular weight is 419 g/mol. The van der Waals surface area contributed by atoms with Gasteiger partial charge in [0, 0.05) is 40.5 Å². The van der Waals surface area contributed by atoms with Gasteiger partial charge in [0.25, 0.3) is 5.91 Å². The van der Waals surface area contributed by atoms with E-state index in [9.17, 15) is 4.79 Å². The van der Waals surface area contributed by atoms with Crippen LogP contribution in [0.1, 0.15) is 21.5 Å². The summed E-state index contributed by atoms with van der Waals surface area (Å²) in [6.45, 7) is 0.304. The fourth-order valence-electron chi connectivity index (χ4n) is 3.34. The Hall–Kier alpha value is -3.84. The molecule has 0 unspecified atom stereocenters. The number of aromatic amines is 1. The number of nitrogen functional groups attached to an aromatic ring is 2. The molecule has 0 aliphatic rings. The van der Waals surface area contributed by atoms with Gasteiger partial charge < -0.3 is 27.2 Å². The van der Waals surface area contributed by atoms with Crippen LogP contribution in [0.3, 0.4) is 0 Å². The van der Waals surface area contributed by atoms with E-state index in [-0.39, 0.29) is 11.6 Å². The number of halogens is 1. The van der Waals surface area contributed by atoms with Crippen LogP contribution in [0.2, 0.25) is 5.02 Å². The summed E-state index contributed by atoms with van der Waals surface area (Å²) in [5, 5.41) is 12.0. The molecule has 0 saturated carbocycles. The molecule has 4 aromatic rings. The Morgan fingerprint density at radius 3 is 2.83 bits per heavy atom.